The molecule has 0 radical (unpaired) electrons. The predicted octanol–water partition coefficient (Wildman–Crippen LogP) is 2.21. The van der Waals surface area contributed by atoms with Crippen molar-refractivity contribution in [2.75, 3.05) is 0 Å². The molecular weight excluding hydrogens is 193 g/mol. The summed E-state index contributed by atoms with van der Waals surface area (Å²) in [5.74, 6) is -1.25. The number of hydrogen-bond donors (Lipinski definition) is 1. The van der Waals surface area contributed by atoms with Crippen molar-refractivity contribution < 1.29 is 13.2 Å². The summed E-state index contributed by atoms with van der Waals surface area (Å²) < 4.78 is 36.8. The third-order valence-corrected chi connectivity index (χ3v) is 2.89. The number of alkyl halides is 3. The number of halogens is 3. The Morgan fingerprint density at radius 3 is 2.07 bits per heavy atom. The Hall–Kier alpha value is -0.760. The van der Waals surface area contributed by atoms with E-state index in [-0.39, 0.29) is 18.8 Å². The van der Waals surface area contributed by atoms with Crippen LogP contribution in [0.1, 0.15) is 25.7 Å². The average Bonchev–Trinajstić information content (AvgIpc) is 2.15. The van der Waals surface area contributed by atoms with E-state index in [1.807, 2.05) is 6.07 Å². The highest BCUT2D eigenvalue weighted by Crippen LogP contribution is 2.39. The van der Waals surface area contributed by atoms with E-state index in [0.29, 0.717) is 12.8 Å². The molecule has 1 atom stereocenters. The van der Waals surface area contributed by atoms with Gasteiger partial charge in [-0.2, -0.15) is 18.4 Å². The van der Waals surface area contributed by atoms with Crippen LogP contribution in [0.15, 0.2) is 0 Å². The third kappa shape index (κ3) is 2.61. The average molecular weight is 206 g/mol. The van der Waals surface area contributed by atoms with Gasteiger partial charge in [-0.1, -0.05) is 0 Å². The van der Waals surface area contributed by atoms with Crippen molar-refractivity contribution >= 4 is 0 Å². The number of nitriles is 1. The Kier molecular flexibility index (Phi) is 3.38. The Bertz CT molecular complexity index is 223. The molecule has 0 bridgehead atoms. The predicted molar refractivity (Wildman–Crippen MR) is 45.1 cm³/mol. The monoisotopic (exact) mass is 206 g/mol. The molecule has 1 aliphatic carbocycles. The molecule has 0 amide bonds. The van der Waals surface area contributed by atoms with Crippen LogP contribution in [0.25, 0.3) is 0 Å². The van der Waals surface area contributed by atoms with Crippen molar-refractivity contribution in [2.24, 2.45) is 17.6 Å². The molecule has 5 heteroatoms. The van der Waals surface area contributed by atoms with Crippen LogP contribution in [0.2, 0.25) is 0 Å². The summed E-state index contributed by atoms with van der Waals surface area (Å²) in [6.45, 7) is 0. The van der Waals surface area contributed by atoms with Gasteiger partial charge in [-0.15, -0.1) is 0 Å². The Balaban J connectivity index is 2.43. The minimum atomic E-state index is -4.08. The molecule has 0 heterocycles. The summed E-state index contributed by atoms with van der Waals surface area (Å²) in [6.07, 6.45) is -3.02. The molecule has 1 fully saturated rings. The molecule has 0 aromatic heterocycles. The standard InChI is InChI=1S/C9H13F3N2/c10-9(11,12)7-3-1-6(2-4-7)8(14)5-13/h6-8H,1-4,14H2/t6?,7?,8-/m1/s1. The summed E-state index contributed by atoms with van der Waals surface area (Å²) in [5.41, 5.74) is 5.46. The van der Waals surface area contributed by atoms with Crippen molar-refractivity contribution in [2.45, 2.75) is 37.9 Å². The largest absolute Gasteiger partial charge is 0.391 e. The first-order valence-electron chi connectivity index (χ1n) is 4.67. The van der Waals surface area contributed by atoms with Gasteiger partial charge < -0.3 is 5.73 Å². The van der Waals surface area contributed by atoms with Crippen molar-refractivity contribution in [3.8, 4) is 6.07 Å². The highest BCUT2D eigenvalue weighted by atomic mass is 19.4. The summed E-state index contributed by atoms with van der Waals surface area (Å²) >= 11 is 0. The smallest absolute Gasteiger partial charge is 0.316 e. The Morgan fingerprint density at radius 1 is 1.21 bits per heavy atom. The van der Waals surface area contributed by atoms with Gasteiger partial charge in [0.2, 0.25) is 0 Å². The van der Waals surface area contributed by atoms with E-state index in [1.165, 1.54) is 0 Å². The van der Waals surface area contributed by atoms with Crippen LogP contribution in [0.3, 0.4) is 0 Å². The molecule has 0 aromatic rings. The topological polar surface area (TPSA) is 49.8 Å². The fourth-order valence-electron chi connectivity index (χ4n) is 1.91. The number of rotatable bonds is 1. The lowest BCUT2D eigenvalue weighted by Gasteiger charge is -2.30. The van der Waals surface area contributed by atoms with Gasteiger partial charge in [-0.25, -0.2) is 0 Å². The van der Waals surface area contributed by atoms with E-state index >= 15 is 0 Å². The van der Waals surface area contributed by atoms with Gasteiger partial charge in [-0.3, -0.25) is 0 Å². The highest BCUT2D eigenvalue weighted by molar-refractivity contribution is 4.94. The number of hydrogen-bond acceptors (Lipinski definition) is 2. The first kappa shape index (κ1) is 11.3. The SMILES string of the molecule is N#C[C@@H](N)C1CCC(C(F)(F)F)CC1. The lowest BCUT2D eigenvalue weighted by Crippen LogP contribution is -2.35. The minimum Gasteiger partial charge on any atom is -0.316 e. The van der Waals surface area contributed by atoms with Crippen LogP contribution in [-0.2, 0) is 0 Å². The van der Waals surface area contributed by atoms with Crippen molar-refractivity contribution in [3.05, 3.63) is 0 Å². The van der Waals surface area contributed by atoms with E-state index in [2.05, 4.69) is 0 Å². The quantitative estimate of drug-likeness (QED) is 0.715. The summed E-state index contributed by atoms with van der Waals surface area (Å²) in [5, 5.41) is 8.52. The summed E-state index contributed by atoms with van der Waals surface area (Å²) in [4.78, 5) is 0. The van der Waals surface area contributed by atoms with Crippen molar-refractivity contribution in [1.82, 2.24) is 0 Å². The number of nitrogens with two attached hydrogens (primary N) is 1. The molecule has 0 saturated heterocycles. The maximum Gasteiger partial charge on any atom is 0.391 e. The van der Waals surface area contributed by atoms with E-state index in [1.54, 1.807) is 0 Å². The first-order chi connectivity index (χ1) is 6.45. The maximum atomic E-state index is 12.3. The van der Waals surface area contributed by atoms with Gasteiger partial charge in [-0.05, 0) is 31.6 Å². The molecule has 2 nitrogen and oxygen atoms in total. The first-order valence-corrected chi connectivity index (χ1v) is 4.67. The molecule has 0 aromatic carbocycles. The second kappa shape index (κ2) is 4.18. The van der Waals surface area contributed by atoms with E-state index < -0.39 is 18.1 Å². The van der Waals surface area contributed by atoms with Crippen molar-refractivity contribution in [3.63, 3.8) is 0 Å². The normalized spacial score (nSPS) is 30.8. The van der Waals surface area contributed by atoms with Gasteiger partial charge >= 0.3 is 6.18 Å². The molecule has 1 aliphatic rings. The van der Waals surface area contributed by atoms with Gasteiger partial charge in [0.15, 0.2) is 0 Å². The molecule has 0 spiro atoms. The third-order valence-electron chi connectivity index (χ3n) is 2.89. The zero-order valence-corrected chi connectivity index (χ0v) is 7.72. The second-order valence-corrected chi connectivity index (χ2v) is 3.81. The second-order valence-electron chi connectivity index (χ2n) is 3.81. The molecule has 0 aliphatic heterocycles. The van der Waals surface area contributed by atoms with Crippen LogP contribution in [0.5, 0.6) is 0 Å². The lowest BCUT2D eigenvalue weighted by molar-refractivity contribution is -0.184. The van der Waals surface area contributed by atoms with Gasteiger partial charge in [0.25, 0.3) is 0 Å². The molecule has 1 rings (SSSR count). The van der Waals surface area contributed by atoms with Crippen LogP contribution in [0, 0.1) is 23.2 Å². The van der Waals surface area contributed by atoms with Gasteiger partial charge in [0, 0.05) is 0 Å². The van der Waals surface area contributed by atoms with Crippen LogP contribution in [0.4, 0.5) is 13.2 Å². The highest BCUT2D eigenvalue weighted by Gasteiger charge is 2.42. The van der Waals surface area contributed by atoms with Crippen LogP contribution >= 0.6 is 0 Å². The van der Waals surface area contributed by atoms with Crippen LogP contribution < -0.4 is 5.73 Å². The lowest BCUT2D eigenvalue weighted by atomic mass is 9.79. The Morgan fingerprint density at radius 2 is 1.71 bits per heavy atom. The van der Waals surface area contributed by atoms with E-state index in [9.17, 15) is 13.2 Å². The number of nitrogens with zero attached hydrogens (tertiary/aromatic N) is 1. The molecule has 2 N–H and O–H groups in total. The fourth-order valence-corrected chi connectivity index (χ4v) is 1.91. The van der Waals surface area contributed by atoms with Gasteiger partial charge in [0.1, 0.15) is 0 Å². The molecule has 14 heavy (non-hydrogen) atoms. The molecule has 80 valence electrons. The molecule has 1 saturated carbocycles. The molecule has 0 unspecified atom stereocenters. The van der Waals surface area contributed by atoms with E-state index in [4.69, 9.17) is 11.0 Å². The fraction of sp³-hybridized carbons (Fsp3) is 0.889. The molecular formula is C9H13F3N2. The zero-order chi connectivity index (χ0) is 10.8. The summed E-state index contributed by atoms with van der Waals surface area (Å²) in [7, 11) is 0. The van der Waals surface area contributed by atoms with Gasteiger partial charge in [0.05, 0.1) is 18.0 Å². The zero-order valence-electron chi connectivity index (χ0n) is 7.72. The van der Waals surface area contributed by atoms with Crippen molar-refractivity contribution in [1.29, 1.82) is 5.26 Å². The van der Waals surface area contributed by atoms with E-state index in [0.717, 1.165) is 0 Å². The van der Waals surface area contributed by atoms with Crippen LogP contribution in [-0.4, -0.2) is 12.2 Å². The summed E-state index contributed by atoms with van der Waals surface area (Å²) in [6, 6.07) is 1.28. The Labute approximate surface area is 80.9 Å². The maximum absolute atomic E-state index is 12.3. The minimum absolute atomic E-state index is 0.0569.